The molecule has 0 radical (unpaired) electrons. The number of halogens is 1. The molecule has 2 aliphatic rings. The minimum Gasteiger partial charge on any atom is -0.387 e. The van der Waals surface area contributed by atoms with Crippen LogP contribution in [-0.4, -0.2) is 48.2 Å². The lowest BCUT2D eigenvalue weighted by molar-refractivity contribution is -0.0848. The Labute approximate surface area is 166 Å². The molecule has 1 fully saturated rings. The van der Waals surface area contributed by atoms with E-state index in [4.69, 9.17) is 16.3 Å². The zero-order chi connectivity index (χ0) is 19.4. The minimum atomic E-state index is -1.24. The van der Waals surface area contributed by atoms with Crippen LogP contribution in [0, 0.1) is 0 Å². The summed E-state index contributed by atoms with van der Waals surface area (Å²) in [4.78, 5) is 8.42. The summed E-state index contributed by atoms with van der Waals surface area (Å²) in [5, 5.41) is 32.8. The number of hydrogen-bond acceptors (Lipinski definition) is 6. The zero-order valence-electron chi connectivity index (χ0n) is 14.9. The first-order chi connectivity index (χ1) is 13.6. The molecule has 1 aliphatic heterocycles. The van der Waals surface area contributed by atoms with E-state index >= 15 is 0 Å². The van der Waals surface area contributed by atoms with E-state index in [0.717, 1.165) is 18.2 Å². The molecule has 0 amide bonds. The van der Waals surface area contributed by atoms with Crippen molar-refractivity contribution in [2.75, 3.05) is 0 Å². The molecular weight excluding hydrogens is 382 g/mol. The Bertz CT molecular complexity index is 1040. The Morgan fingerprint density at radius 1 is 1.14 bits per heavy atom. The number of ether oxygens (including phenoxy) is 1. The number of alkyl halides is 1. The second kappa shape index (κ2) is 6.79. The normalized spacial score (nSPS) is 27.6. The van der Waals surface area contributed by atoms with Gasteiger partial charge in [0.15, 0.2) is 6.23 Å². The SMILES string of the molecule is OC(c1ccc2c(c1)CC2)[C@H]1O[C@@H](n2ccc3c(CCl)ncnc32)[C@H](O)[C@@H]1O. The third-order valence-electron chi connectivity index (χ3n) is 5.81. The highest BCUT2D eigenvalue weighted by molar-refractivity contribution is 6.17. The van der Waals surface area contributed by atoms with Gasteiger partial charge in [-0.2, -0.15) is 0 Å². The maximum atomic E-state index is 10.8. The van der Waals surface area contributed by atoms with E-state index in [-0.39, 0.29) is 5.88 Å². The van der Waals surface area contributed by atoms with E-state index in [1.54, 1.807) is 16.8 Å². The molecule has 2 aromatic heterocycles. The second-order valence-electron chi connectivity index (χ2n) is 7.36. The summed E-state index contributed by atoms with van der Waals surface area (Å²) >= 11 is 5.93. The molecule has 1 aliphatic carbocycles. The van der Waals surface area contributed by atoms with Crippen molar-refractivity contribution in [2.45, 2.75) is 49.4 Å². The highest BCUT2D eigenvalue weighted by atomic mass is 35.5. The van der Waals surface area contributed by atoms with Gasteiger partial charge in [-0.1, -0.05) is 18.2 Å². The monoisotopic (exact) mass is 401 g/mol. The number of nitrogens with zero attached hydrogens (tertiary/aromatic N) is 3. The molecule has 3 heterocycles. The largest absolute Gasteiger partial charge is 0.387 e. The van der Waals surface area contributed by atoms with E-state index in [9.17, 15) is 15.3 Å². The van der Waals surface area contributed by atoms with Gasteiger partial charge in [-0.25, -0.2) is 9.97 Å². The lowest BCUT2D eigenvalue weighted by Gasteiger charge is -2.25. The van der Waals surface area contributed by atoms with Crippen molar-refractivity contribution in [3.05, 3.63) is 59.2 Å². The third kappa shape index (κ3) is 2.66. The van der Waals surface area contributed by atoms with Crippen molar-refractivity contribution in [1.29, 1.82) is 0 Å². The summed E-state index contributed by atoms with van der Waals surface area (Å²) in [6.07, 6.45) is -0.154. The van der Waals surface area contributed by atoms with Crippen molar-refractivity contribution in [3.63, 3.8) is 0 Å². The maximum Gasteiger partial charge on any atom is 0.164 e. The number of aryl methyl sites for hydroxylation is 2. The van der Waals surface area contributed by atoms with Crippen molar-refractivity contribution < 1.29 is 20.1 Å². The van der Waals surface area contributed by atoms with Gasteiger partial charge in [0.1, 0.15) is 36.4 Å². The van der Waals surface area contributed by atoms with E-state index in [0.29, 0.717) is 16.9 Å². The molecule has 0 saturated carbocycles. The quantitative estimate of drug-likeness (QED) is 0.574. The molecule has 1 aromatic carbocycles. The maximum absolute atomic E-state index is 10.8. The summed E-state index contributed by atoms with van der Waals surface area (Å²) in [5.41, 5.74) is 4.41. The Hall–Kier alpha value is -2.03. The number of aliphatic hydroxyl groups excluding tert-OH is 3. The highest BCUT2D eigenvalue weighted by Crippen LogP contribution is 2.38. The van der Waals surface area contributed by atoms with Crippen LogP contribution in [0.1, 0.15) is 34.7 Å². The van der Waals surface area contributed by atoms with Gasteiger partial charge in [-0.05, 0) is 35.6 Å². The average molecular weight is 402 g/mol. The van der Waals surface area contributed by atoms with Crippen molar-refractivity contribution >= 4 is 22.6 Å². The summed E-state index contributed by atoms with van der Waals surface area (Å²) in [6, 6.07) is 7.60. The van der Waals surface area contributed by atoms with E-state index < -0.39 is 30.6 Å². The van der Waals surface area contributed by atoms with Crippen LogP contribution >= 0.6 is 11.6 Å². The van der Waals surface area contributed by atoms with Gasteiger partial charge < -0.3 is 24.6 Å². The Morgan fingerprint density at radius 3 is 2.68 bits per heavy atom. The minimum absolute atomic E-state index is 0.236. The van der Waals surface area contributed by atoms with Gasteiger partial charge >= 0.3 is 0 Å². The van der Waals surface area contributed by atoms with Crippen LogP contribution < -0.4 is 0 Å². The molecule has 28 heavy (non-hydrogen) atoms. The van der Waals surface area contributed by atoms with Crippen LogP contribution in [0.3, 0.4) is 0 Å². The standard InChI is InChI=1S/C20H20ClN3O4/c21-8-14-13-5-6-24(19(13)23-9-22-14)20-17(27)16(26)18(28-20)15(25)12-4-2-10-1-3-11(10)7-12/h2,4-7,9,15-18,20,25-27H,1,3,8H2/t15?,16-,17+,18+,20+/m0/s1. The second-order valence-corrected chi connectivity index (χ2v) is 7.63. The molecule has 146 valence electrons. The molecule has 5 atom stereocenters. The molecule has 0 bridgehead atoms. The summed E-state index contributed by atoms with van der Waals surface area (Å²) in [5.74, 6) is 0.236. The number of rotatable bonds is 4. The molecule has 8 heteroatoms. The fourth-order valence-corrected chi connectivity index (χ4v) is 4.31. The van der Waals surface area contributed by atoms with Crippen LogP contribution in [0.2, 0.25) is 0 Å². The number of hydrogen-bond donors (Lipinski definition) is 3. The number of fused-ring (bicyclic) bond motifs is 2. The van der Waals surface area contributed by atoms with Crippen molar-refractivity contribution in [3.8, 4) is 0 Å². The average Bonchev–Trinajstić information content (AvgIpc) is 3.24. The van der Waals surface area contributed by atoms with Crippen LogP contribution in [0.15, 0.2) is 36.8 Å². The van der Waals surface area contributed by atoms with Crippen LogP contribution in [0.5, 0.6) is 0 Å². The summed E-state index contributed by atoms with van der Waals surface area (Å²) < 4.78 is 7.58. The molecule has 3 N–H and O–H groups in total. The fourth-order valence-electron chi connectivity index (χ4n) is 4.10. The molecular formula is C20H20ClN3O4. The van der Waals surface area contributed by atoms with Gasteiger partial charge in [0.05, 0.1) is 11.6 Å². The molecule has 7 nitrogen and oxygen atoms in total. The number of aliphatic hydroxyl groups is 3. The molecule has 3 aromatic rings. The van der Waals surface area contributed by atoms with Gasteiger partial charge in [0.25, 0.3) is 0 Å². The number of aromatic nitrogens is 3. The van der Waals surface area contributed by atoms with Gasteiger partial charge in [0, 0.05) is 11.6 Å². The van der Waals surface area contributed by atoms with Crippen LogP contribution in [0.4, 0.5) is 0 Å². The predicted octanol–water partition coefficient (Wildman–Crippen LogP) is 1.62. The van der Waals surface area contributed by atoms with Crippen molar-refractivity contribution in [2.24, 2.45) is 0 Å². The number of benzene rings is 1. The van der Waals surface area contributed by atoms with Gasteiger partial charge in [-0.15, -0.1) is 11.6 Å². The lowest BCUT2D eigenvalue weighted by Crippen LogP contribution is -2.35. The smallest absolute Gasteiger partial charge is 0.164 e. The molecule has 5 rings (SSSR count). The lowest BCUT2D eigenvalue weighted by atomic mass is 9.85. The highest BCUT2D eigenvalue weighted by Gasteiger charge is 2.47. The Morgan fingerprint density at radius 2 is 1.96 bits per heavy atom. The Kier molecular flexibility index (Phi) is 4.37. The molecule has 1 saturated heterocycles. The van der Waals surface area contributed by atoms with E-state index in [1.165, 1.54) is 17.5 Å². The fraction of sp³-hybridized carbons (Fsp3) is 0.400. The summed E-state index contributed by atoms with van der Waals surface area (Å²) in [7, 11) is 0. The van der Waals surface area contributed by atoms with Crippen LogP contribution in [0.25, 0.3) is 11.0 Å². The van der Waals surface area contributed by atoms with E-state index in [1.807, 2.05) is 18.2 Å². The van der Waals surface area contributed by atoms with Crippen LogP contribution in [-0.2, 0) is 23.5 Å². The van der Waals surface area contributed by atoms with Gasteiger partial charge in [-0.3, -0.25) is 0 Å². The predicted molar refractivity (Wildman–Crippen MR) is 102 cm³/mol. The first-order valence-corrected chi connectivity index (χ1v) is 9.79. The zero-order valence-corrected chi connectivity index (χ0v) is 15.7. The molecule has 1 unspecified atom stereocenters. The first kappa shape index (κ1) is 18.0. The van der Waals surface area contributed by atoms with Gasteiger partial charge in [0.2, 0.25) is 0 Å². The summed E-state index contributed by atoms with van der Waals surface area (Å²) in [6.45, 7) is 0. The first-order valence-electron chi connectivity index (χ1n) is 9.26. The van der Waals surface area contributed by atoms with Crippen molar-refractivity contribution in [1.82, 2.24) is 14.5 Å². The third-order valence-corrected chi connectivity index (χ3v) is 6.07. The Balaban J connectivity index is 1.46. The topological polar surface area (TPSA) is 101 Å². The molecule has 0 spiro atoms. The van der Waals surface area contributed by atoms with E-state index in [2.05, 4.69) is 9.97 Å².